The van der Waals surface area contributed by atoms with Crippen molar-refractivity contribution in [2.24, 2.45) is 10.8 Å². The second-order valence-electron chi connectivity index (χ2n) is 12.7. The van der Waals surface area contributed by atoms with Crippen LogP contribution >= 0.6 is 11.6 Å². The molecule has 218 valence electrons. The highest BCUT2D eigenvalue weighted by atomic mass is 35.5. The quantitative estimate of drug-likeness (QED) is 0.530. The Morgan fingerprint density at radius 2 is 1.59 bits per heavy atom. The SMILES string of the molecule is CC1(C)C(NC(=O)c2ccc(C(=O)N3CCN(C4CCNCC4)CC3)cc2)C(C)(C)C1Oc1ccc(C#N)c(Cl)c1. The predicted molar refractivity (Wildman–Crippen MR) is 159 cm³/mol. The van der Waals surface area contributed by atoms with Crippen molar-refractivity contribution < 1.29 is 14.3 Å². The molecule has 2 aromatic carbocycles. The number of carbonyl (C=O) groups is 2. The molecule has 0 spiro atoms. The first-order chi connectivity index (χ1) is 19.5. The molecule has 3 fully saturated rings. The predicted octanol–water partition coefficient (Wildman–Crippen LogP) is 4.33. The van der Waals surface area contributed by atoms with Gasteiger partial charge in [0.1, 0.15) is 17.9 Å². The molecule has 0 atom stereocenters. The van der Waals surface area contributed by atoms with Crippen molar-refractivity contribution in [3.05, 3.63) is 64.2 Å². The van der Waals surface area contributed by atoms with Crippen LogP contribution < -0.4 is 15.4 Å². The first kappa shape index (κ1) is 29.4. The fourth-order valence-electron chi connectivity index (χ4n) is 7.22. The number of benzene rings is 2. The molecule has 5 rings (SSSR count). The second kappa shape index (κ2) is 11.6. The molecular weight excluding hydrogens is 538 g/mol. The number of piperidine rings is 1. The van der Waals surface area contributed by atoms with Crippen LogP contribution in [0.15, 0.2) is 42.5 Å². The van der Waals surface area contributed by atoms with Crippen LogP contribution in [0.5, 0.6) is 5.75 Å². The zero-order chi connectivity index (χ0) is 29.4. The summed E-state index contributed by atoms with van der Waals surface area (Å²) in [5, 5.41) is 16.1. The van der Waals surface area contributed by atoms with Gasteiger partial charge in [-0.1, -0.05) is 39.3 Å². The number of nitrogens with one attached hydrogen (secondary N) is 2. The highest BCUT2D eigenvalue weighted by molar-refractivity contribution is 6.31. The van der Waals surface area contributed by atoms with Gasteiger partial charge in [0.2, 0.25) is 0 Å². The number of rotatable bonds is 6. The molecule has 1 aliphatic carbocycles. The van der Waals surface area contributed by atoms with Gasteiger partial charge in [-0.15, -0.1) is 0 Å². The summed E-state index contributed by atoms with van der Waals surface area (Å²) in [6.45, 7) is 13.7. The molecule has 2 heterocycles. The number of hydrogen-bond donors (Lipinski definition) is 2. The third-order valence-electron chi connectivity index (χ3n) is 9.25. The van der Waals surface area contributed by atoms with E-state index in [1.165, 1.54) is 12.8 Å². The summed E-state index contributed by atoms with van der Waals surface area (Å²) in [6.07, 6.45) is 2.17. The number of nitrogens with zero attached hydrogens (tertiary/aromatic N) is 3. The normalized spacial score (nSPS) is 24.1. The van der Waals surface area contributed by atoms with Crippen molar-refractivity contribution in [3.63, 3.8) is 0 Å². The van der Waals surface area contributed by atoms with E-state index in [0.717, 1.165) is 39.3 Å². The van der Waals surface area contributed by atoms with Crippen molar-refractivity contribution in [2.75, 3.05) is 39.3 Å². The highest BCUT2D eigenvalue weighted by Gasteiger charge is 2.64. The first-order valence-corrected chi connectivity index (χ1v) is 14.9. The first-order valence-electron chi connectivity index (χ1n) is 14.5. The molecule has 0 aromatic heterocycles. The number of hydrogen-bond acceptors (Lipinski definition) is 6. The number of amides is 2. The summed E-state index contributed by atoms with van der Waals surface area (Å²) in [5.74, 6) is 0.439. The Morgan fingerprint density at radius 3 is 2.17 bits per heavy atom. The molecule has 1 saturated carbocycles. The Labute approximate surface area is 248 Å². The van der Waals surface area contributed by atoms with Crippen LogP contribution in [-0.2, 0) is 0 Å². The van der Waals surface area contributed by atoms with Crippen molar-refractivity contribution in [2.45, 2.75) is 58.7 Å². The molecular formula is C32H40ClN5O3. The van der Waals surface area contributed by atoms with Gasteiger partial charge in [-0.3, -0.25) is 14.5 Å². The number of piperazine rings is 1. The Morgan fingerprint density at radius 1 is 0.976 bits per heavy atom. The summed E-state index contributed by atoms with van der Waals surface area (Å²) in [4.78, 5) is 30.9. The van der Waals surface area contributed by atoms with Crippen LogP contribution in [0.2, 0.25) is 5.02 Å². The average molecular weight is 578 g/mol. The molecule has 2 aliphatic heterocycles. The van der Waals surface area contributed by atoms with E-state index >= 15 is 0 Å². The maximum atomic E-state index is 13.3. The van der Waals surface area contributed by atoms with Gasteiger partial charge in [-0.05, 0) is 62.3 Å². The van der Waals surface area contributed by atoms with Gasteiger partial charge in [0.05, 0.1) is 10.6 Å². The molecule has 0 unspecified atom stereocenters. The molecule has 2 saturated heterocycles. The average Bonchev–Trinajstić information content (AvgIpc) is 2.98. The molecule has 0 radical (unpaired) electrons. The fourth-order valence-corrected chi connectivity index (χ4v) is 7.43. The van der Waals surface area contributed by atoms with Gasteiger partial charge in [0.25, 0.3) is 11.8 Å². The van der Waals surface area contributed by atoms with Crippen molar-refractivity contribution in [1.29, 1.82) is 5.26 Å². The molecule has 2 aromatic rings. The zero-order valence-electron chi connectivity index (χ0n) is 24.4. The number of ether oxygens (including phenoxy) is 1. The van der Waals surface area contributed by atoms with Gasteiger partial charge < -0.3 is 20.3 Å². The Balaban J connectivity index is 1.17. The van der Waals surface area contributed by atoms with Crippen molar-refractivity contribution in [1.82, 2.24) is 20.4 Å². The summed E-state index contributed by atoms with van der Waals surface area (Å²) >= 11 is 6.20. The van der Waals surface area contributed by atoms with Crippen molar-refractivity contribution >= 4 is 23.4 Å². The monoisotopic (exact) mass is 577 g/mol. The third kappa shape index (κ3) is 5.81. The maximum Gasteiger partial charge on any atom is 0.253 e. The van der Waals surface area contributed by atoms with Gasteiger partial charge in [0, 0.05) is 66.3 Å². The topological polar surface area (TPSA) is 97.7 Å². The minimum Gasteiger partial charge on any atom is -0.489 e. The van der Waals surface area contributed by atoms with Crippen LogP contribution in [0, 0.1) is 22.2 Å². The van der Waals surface area contributed by atoms with Crippen LogP contribution in [0.1, 0.15) is 66.8 Å². The van der Waals surface area contributed by atoms with Gasteiger partial charge in [0.15, 0.2) is 0 Å². The van der Waals surface area contributed by atoms with E-state index < -0.39 is 0 Å². The highest BCUT2D eigenvalue weighted by Crippen LogP contribution is 2.55. The smallest absolute Gasteiger partial charge is 0.253 e. The summed E-state index contributed by atoms with van der Waals surface area (Å²) < 4.78 is 6.33. The lowest BCUT2D eigenvalue weighted by Gasteiger charge is -2.63. The minimum absolute atomic E-state index is 0.0195. The molecule has 9 heteroatoms. The lowest BCUT2D eigenvalue weighted by Crippen LogP contribution is -2.74. The fraction of sp³-hybridized carbons (Fsp3) is 0.531. The number of carbonyl (C=O) groups excluding carboxylic acids is 2. The van der Waals surface area contributed by atoms with E-state index in [0.29, 0.717) is 33.5 Å². The minimum atomic E-state index is -0.355. The van der Waals surface area contributed by atoms with Crippen LogP contribution in [0.25, 0.3) is 0 Å². The van der Waals surface area contributed by atoms with E-state index in [1.54, 1.807) is 42.5 Å². The molecule has 0 bridgehead atoms. The molecule has 2 amide bonds. The van der Waals surface area contributed by atoms with E-state index in [9.17, 15) is 9.59 Å². The molecule has 2 N–H and O–H groups in total. The van der Waals surface area contributed by atoms with E-state index in [4.69, 9.17) is 21.6 Å². The lowest BCUT2D eigenvalue weighted by atomic mass is 9.49. The lowest BCUT2D eigenvalue weighted by molar-refractivity contribution is -0.164. The summed E-state index contributed by atoms with van der Waals surface area (Å²) in [5.41, 5.74) is 0.819. The summed E-state index contributed by atoms with van der Waals surface area (Å²) in [7, 11) is 0. The van der Waals surface area contributed by atoms with E-state index in [1.807, 2.05) is 4.90 Å². The molecule has 8 nitrogen and oxygen atoms in total. The van der Waals surface area contributed by atoms with Crippen LogP contribution in [0.4, 0.5) is 0 Å². The zero-order valence-corrected chi connectivity index (χ0v) is 25.1. The van der Waals surface area contributed by atoms with Gasteiger partial charge in [-0.2, -0.15) is 5.26 Å². The van der Waals surface area contributed by atoms with Gasteiger partial charge >= 0.3 is 0 Å². The van der Waals surface area contributed by atoms with Crippen LogP contribution in [-0.4, -0.2) is 79.1 Å². The van der Waals surface area contributed by atoms with E-state index in [-0.39, 0.29) is 34.8 Å². The summed E-state index contributed by atoms with van der Waals surface area (Å²) in [6, 6.07) is 14.6. The number of halogens is 1. The van der Waals surface area contributed by atoms with E-state index in [2.05, 4.69) is 49.3 Å². The third-order valence-corrected chi connectivity index (χ3v) is 9.56. The van der Waals surface area contributed by atoms with Crippen LogP contribution in [0.3, 0.4) is 0 Å². The molecule has 41 heavy (non-hydrogen) atoms. The molecule has 3 aliphatic rings. The second-order valence-corrected chi connectivity index (χ2v) is 13.1. The largest absolute Gasteiger partial charge is 0.489 e. The van der Waals surface area contributed by atoms with Gasteiger partial charge in [-0.25, -0.2) is 0 Å². The Bertz CT molecular complexity index is 1310. The number of nitriles is 1. The van der Waals surface area contributed by atoms with Crippen molar-refractivity contribution in [3.8, 4) is 11.8 Å². The maximum absolute atomic E-state index is 13.3. The Hall–Kier alpha value is -3.12. The standard InChI is InChI=1S/C32H40ClN5O3/c1-31(2)29(32(3,4)30(31)41-25-10-9-23(20-34)26(33)19-25)36-27(39)21-5-7-22(8-6-21)28(40)38-17-15-37(16-18-38)24-11-13-35-14-12-24/h5-10,19,24,29-30,35H,11-18H2,1-4H3,(H,36,39). The Kier molecular flexibility index (Phi) is 8.34.